The van der Waals surface area contributed by atoms with Gasteiger partial charge in [-0.3, -0.25) is 43.2 Å². The topological polar surface area (TPSA) is 338 Å². The van der Waals surface area contributed by atoms with Gasteiger partial charge in [-0.2, -0.15) is 0 Å². The summed E-state index contributed by atoms with van der Waals surface area (Å²) in [4.78, 5) is 130. The van der Waals surface area contributed by atoms with Crippen LogP contribution in [0.4, 0.5) is 0 Å². The van der Waals surface area contributed by atoms with E-state index in [9.17, 15) is 48.3 Å². The van der Waals surface area contributed by atoms with Crippen LogP contribution >= 0.6 is 0 Å². The molecule has 1 fully saturated rings. The first kappa shape index (κ1) is 56.9. The summed E-state index contributed by atoms with van der Waals surface area (Å²) in [5.41, 5.74) is 14.6. The Morgan fingerprint density at radius 3 is 1.50 bits per heavy atom. The first-order valence-electron chi connectivity index (χ1n) is 25.3. The average Bonchev–Trinajstić information content (AvgIpc) is 3.81. The van der Waals surface area contributed by atoms with Crippen molar-refractivity contribution >= 4 is 64.1 Å². The molecule has 9 amide bonds. The predicted molar refractivity (Wildman–Crippen MR) is 282 cm³/mol. The number of unbranched alkanes of at least 4 members (excludes halogenated alkanes) is 1. The van der Waals surface area contributed by atoms with Gasteiger partial charge in [-0.15, -0.1) is 0 Å². The zero-order valence-corrected chi connectivity index (χ0v) is 42.2. The minimum absolute atomic E-state index is 0.0187. The van der Waals surface area contributed by atoms with Gasteiger partial charge in [0.05, 0.1) is 12.5 Å². The van der Waals surface area contributed by atoms with Gasteiger partial charge in [0.2, 0.25) is 53.2 Å². The monoisotopic (exact) mass is 1040 g/mol. The van der Waals surface area contributed by atoms with Crippen LogP contribution in [0.15, 0.2) is 121 Å². The summed E-state index contributed by atoms with van der Waals surface area (Å²) >= 11 is 0. The molecule has 1 saturated heterocycles. The van der Waals surface area contributed by atoms with E-state index in [0.717, 1.165) is 10.9 Å². The molecule has 5 aromatic rings. The molecule has 0 aliphatic carbocycles. The largest absolute Gasteiger partial charge is 0.391 e. The Bertz CT molecular complexity index is 2790. The van der Waals surface area contributed by atoms with Crippen LogP contribution in [0.3, 0.4) is 0 Å². The number of amides is 9. The van der Waals surface area contributed by atoms with E-state index >= 15 is 0 Å². The zero-order chi connectivity index (χ0) is 54.6. The van der Waals surface area contributed by atoms with Gasteiger partial charge in [0, 0.05) is 55.7 Å². The van der Waals surface area contributed by atoms with Gasteiger partial charge in [0.25, 0.3) is 0 Å². The highest BCUT2D eigenvalue weighted by atomic mass is 16.3. The minimum Gasteiger partial charge on any atom is -0.391 e. The number of fused-ring (bicyclic) bond motifs is 1. The smallest absolute Gasteiger partial charge is 0.245 e. The fourth-order valence-electron chi connectivity index (χ4n) is 8.78. The third-order valence-corrected chi connectivity index (χ3v) is 12.8. The molecule has 1 aliphatic rings. The number of nitrogens with two attached hydrogens (primary N) is 2. The summed E-state index contributed by atoms with van der Waals surface area (Å²) < 4.78 is 0. The fourth-order valence-corrected chi connectivity index (χ4v) is 8.78. The standard InChI is InChI=1S/C55H67N11O10/c1-33(67)48-55(76)65-41(27-34-15-5-2-6-16-34)49(70)58-26-24-47(69)60-45(31-46(57)68)54(75)63-42(28-35-17-7-3-8-18-35)51(72)62-43(29-36-19-9-4-10-20-36)52(73)64-44(30-37-32-59-39-22-12-11-21-38(37)39)53(74)61-40(50(71)66-48)23-13-14-25-56/h2-12,15-22,32-33,40-45,48,59,67H,13-14,23-31,56H2,1H3,(H2,57,68)(H,58,70)(H,60,69)(H,61,74)(H,62,72)(H,63,75)(H,64,73)(H,65,76)(H,66,71)/t33-,40+,41+,42+,43+,44-,45+,48+/m1/s1. The summed E-state index contributed by atoms with van der Waals surface area (Å²) in [6.07, 6.45) is -0.514. The molecule has 1 aromatic heterocycles. The van der Waals surface area contributed by atoms with Crippen molar-refractivity contribution in [3.05, 3.63) is 144 Å². The van der Waals surface area contributed by atoms with E-state index in [0.29, 0.717) is 35.1 Å². The molecule has 2 heterocycles. The van der Waals surface area contributed by atoms with E-state index in [1.165, 1.54) is 6.92 Å². The Hall–Kier alpha value is -8.43. The quantitative estimate of drug-likeness (QED) is 0.0606. The van der Waals surface area contributed by atoms with Gasteiger partial charge in [-0.1, -0.05) is 109 Å². The summed E-state index contributed by atoms with van der Waals surface area (Å²) in [5, 5.41) is 33.0. The number of aromatic nitrogens is 1. The molecular weight excluding hydrogens is 975 g/mol. The molecule has 0 bridgehead atoms. The minimum atomic E-state index is -1.66. The Balaban J connectivity index is 1.42. The molecule has 0 spiro atoms. The number of carbonyl (C=O) groups is 9. The number of nitrogens with one attached hydrogen (secondary N) is 9. The number of aliphatic hydroxyl groups is 1. The van der Waals surface area contributed by atoms with E-state index in [1.54, 1.807) is 97.2 Å². The van der Waals surface area contributed by atoms with Crippen LogP contribution in [0.5, 0.6) is 0 Å². The number of aromatic amines is 1. The maximum atomic E-state index is 14.9. The third kappa shape index (κ3) is 17.1. The summed E-state index contributed by atoms with van der Waals surface area (Å²) in [6, 6.07) is 23.2. The number of aliphatic hydroxyl groups excluding tert-OH is 1. The van der Waals surface area contributed by atoms with Gasteiger partial charge in [-0.05, 0) is 61.1 Å². The van der Waals surface area contributed by atoms with Gasteiger partial charge in [0.15, 0.2) is 0 Å². The van der Waals surface area contributed by atoms with Crippen LogP contribution in [0.2, 0.25) is 0 Å². The van der Waals surface area contributed by atoms with Crippen LogP contribution < -0.4 is 54.0 Å². The molecule has 1 aliphatic heterocycles. The molecule has 0 radical (unpaired) electrons. The van der Waals surface area contributed by atoms with Gasteiger partial charge in [-0.25, -0.2) is 0 Å². The van der Waals surface area contributed by atoms with Crippen molar-refractivity contribution in [2.45, 2.75) is 113 Å². The van der Waals surface area contributed by atoms with Crippen molar-refractivity contribution in [2.24, 2.45) is 11.5 Å². The average molecular weight is 1040 g/mol. The number of carbonyl (C=O) groups excluding carboxylic acids is 9. The lowest BCUT2D eigenvalue weighted by Gasteiger charge is -2.28. The number of hydrogen-bond donors (Lipinski definition) is 12. The first-order valence-corrected chi connectivity index (χ1v) is 25.3. The Kier molecular flexibility index (Phi) is 21.2. The van der Waals surface area contributed by atoms with Gasteiger partial charge < -0.3 is 64.1 Å². The Morgan fingerprint density at radius 1 is 0.539 bits per heavy atom. The molecule has 8 atom stereocenters. The predicted octanol–water partition coefficient (Wildman–Crippen LogP) is -0.263. The highest BCUT2D eigenvalue weighted by molar-refractivity contribution is 5.99. The molecule has 0 unspecified atom stereocenters. The number of primary amides is 1. The lowest BCUT2D eigenvalue weighted by molar-refractivity contribution is -0.136. The van der Waals surface area contributed by atoms with E-state index in [1.807, 2.05) is 24.3 Å². The maximum Gasteiger partial charge on any atom is 0.245 e. The van der Waals surface area contributed by atoms with Crippen molar-refractivity contribution in [2.75, 3.05) is 13.1 Å². The Labute approximate surface area is 439 Å². The molecule has 76 heavy (non-hydrogen) atoms. The van der Waals surface area contributed by atoms with E-state index < -0.39 is 114 Å². The van der Waals surface area contributed by atoms with Crippen molar-refractivity contribution in [1.29, 1.82) is 0 Å². The van der Waals surface area contributed by atoms with Crippen molar-refractivity contribution in [3.8, 4) is 0 Å². The van der Waals surface area contributed by atoms with Crippen LogP contribution in [0.1, 0.15) is 61.3 Å². The molecule has 6 rings (SSSR count). The number of para-hydroxylation sites is 1. The normalized spacial score (nSPS) is 22.4. The number of H-pyrrole nitrogens is 1. The lowest BCUT2D eigenvalue weighted by atomic mass is 10.00. The van der Waals surface area contributed by atoms with Crippen LogP contribution in [0.25, 0.3) is 10.9 Å². The maximum absolute atomic E-state index is 14.9. The number of hydrogen-bond acceptors (Lipinski definition) is 11. The van der Waals surface area contributed by atoms with Gasteiger partial charge >= 0.3 is 0 Å². The first-order chi connectivity index (χ1) is 36.6. The number of rotatable bonds is 15. The second-order valence-electron chi connectivity index (χ2n) is 18.8. The van der Waals surface area contributed by atoms with Crippen molar-refractivity contribution in [3.63, 3.8) is 0 Å². The summed E-state index contributed by atoms with van der Waals surface area (Å²) in [7, 11) is 0. The number of benzene rings is 4. The molecule has 14 N–H and O–H groups in total. The Morgan fingerprint density at radius 2 is 0.987 bits per heavy atom. The summed E-state index contributed by atoms with van der Waals surface area (Å²) in [6.45, 7) is 1.21. The molecule has 4 aromatic carbocycles. The lowest BCUT2D eigenvalue weighted by Crippen LogP contribution is -2.62. The highest BCUT2D eigenvalue weighted by Gasteiger charge is 2.36. The SMILES string of the molecule is C[C@@H](O)[C@@H]1NC(=O)[C@H](CCCCN)NC(=O)[C@@H](Cc2c[nH]c3ccccc23)NC(=O)[C@H](Cc2ccccc2)NC(=O)[C@H](Cc2ccccc2)NC(=O)[C@H](CC(N)=O)NC(=O)CCNC(=O)[C@H](Cc2ccccc2)NC1=O. The zero-order valence-electron chi connectivity index (χ0n) is 42.2. The second kappa shape index (κ2) is 28.3. The molecule has 402 valence electrons. The van der Waals surface area contributed by atoms with Crippen molar-refractivity contribution < 1.29 is 48.3 Å². The van der Waals surface area contributed by atoms with Crippen LogP contribution in [-0.4, -0.2) is 125 Å². The molecular formula is C55H67N11O10. The third-order valence-electron chi connectivity index (χ3n) is 12.8. The molecule has 0 saturated carbocycles. The van der Waals surface area contributed by atoms with E-state index in [-0.39, 0.29) is 45.2 Å². The van der Waals surface area contributed by atoms with Crippen LogP contribution in [0, 0.1) is 0 Å². The summed E-state index contributed by atoms with van der Waals surface area (Å²) in [5.74, 6) is -7.71. The van der Waals surface area contributed by atoms with E-state index in [4.69, 9.17) is 11.5 Å². The highest BCUT2D eigenvalue weighted by Crippen LogP contribution is 2.20. The van der Waals surface area contributed by atoms with Gasteiger partial charge in [0.1, 0.15) is 42.3 Å². The molecule has 21 nitrogen and oxygen atoms in total. The second-order valence-corrected chi connectivity index (χ2v) is 18.8. The fraction of sp³-hybridized carbons (Fsp3) is 0.364. The van der Waals surface area contributed by atoms with Crippen LogP contribution in [-0.2, 0) is 68.8 Å². The van der Waals surface area contributed by atoms with E-state index in [2.05, 4.69) is 47.5 Å². The molecule has 21 heteroatoms. The van der Waals surface area contributed by atoms with Crippen molar-refractivity contribution in [1.82, 2.24) is 47.5 Å².